The molecule has 1 aliphatic carbocycles. The van der Waals surface area contributed by atoms with Gasteiger partial charge in [0.15, 0.2) is 0 Å². The van der Waals surface area contributed by atoms with E-state index in [1.54, 1.807) is 38.5 Å². The Labute approximate surface area is 209 Å². The first-order chi connectivity index (χ1) is 16.9. The maximum Gasteiger partial charge on any atom is 0.251 e. The average molecular weight is 499 g/mol. The Bertz CT molecular complexity index is 1220. The van der Waals surface area contributed by atoms with Crippen molar-refractivity contribution < 1.29 is 23.8 Å². The van der Waals surface area contributed by atoms with Crippen LogP contribution in [0, 0.1) is 11.7 Å². The summed E-state index contributed by atoms with van der Waals surface area (Å²) in [4.78, 5) is 17.8. The first-order valence-corrected chi connectivity index (χ1v) is 11.9. The summed E-state index contributed by atoms with van der Waals surface area (Å²) in [5, 5.41) is 12.3. The van der Waals surface area contributed by atoms with Gasteiger partial charge in [0.1, 0.15) is 23.0 Å². The molecule has 184 valence electrons. The number of nitrogens with zero attached hydrogens (tertiary/aromatic N) is 1. The fourth-order valence-corrected chi connectivity index (χ4v) is 4.39. The highest BCUT2D eigenvalue weighted by Crippen LogP contribution is 2.43. The highest BCUT2D eigenvalue weighted by molar-refractivity contribution is 6.31. The van der Waals surface area contributed by atoms with Crippen LogP contribution in [0.4, 0.5) is 4.39 Å². The van der Waals surface area contributed by atoms with E-state index >= 15 is 0 Å². The number of carbonyl (C=O) groups is 1. The van der Waals surface area contributed by atoms with Crippen molar-refractivity contribution in [1.82, 2.24) is 10.3 Å². The molecule has 1 amide bonds. The number of amides is 1. The van der Waals surface area contributed by atoms with Crippen LogP contribution in [0.15, 0.2) is 48.5 Å². The van der Waals surface area contributed by atoms with Crippen molar-refractivity contribution in [3.05, 3.63) is 76.2 Å². The maximum absolute atomic E-state index is 13.7. The molecule has 1 aliphatic rings. The largest absolute Gasteiger partial charge is 0.496 e. The van der Waals surface area contributed by atoms with Crippen molar-refractivity contribution in [2.24, 2.45) is 5.92 Å². The van der Waals surface area contributed by atoms with Gasteiger partial charge in [-0.2, -0.15) is 0 Å². The molecule has 2 aromatic carbocycles. The summed E-state index contributed by atoms with van der Waals surface area (Å²) in [5.41, 5.74) is 3.40. The minimum atomic E-state index is -0.495. The highest BCUT2D eigenvalue weighted by atomic mass is 35.5. The third kappa shape index (κ3) is 5.74. The second kappa shape index (κ2) is 11.1. The third-order valence-electron chi connectivity index (χ3n) is 6.28. The molecular formula is C27H28ClFN2O4. The van der Waals surface area contributed by atoms with E-state index in [2.05, 4.69) is 5.32 Å². The Morgan fingerprint density at radius 3 is 2.57 bits per heavy atom. The van der Waals surface area contributed by atoms with Gasteiger partial charge in [-0.25, -0.2) is 9.37 Å². The van der Waals surface area contributed by atoms with Gasteiger partial charge in [0, 0.05) is 35.9 Å². The summed E-state index contributed by atoms with van der Waals surface area (Å²) >= 11 is 6.00. The van der Waals surface area contributed by atoms with Crippen LogP contribution in [0.2, 0.25) is 5.02 Å². The van der Waals surface area contributed by atoms with Gasteiger partial charge in [-0.1, -0.05) is 17.7 Å². The van der Waals surface area contributed by atoms with Gasteiger partial charge in [0.05, 0.1) is 19.2 Å². The molecule has 8 heteroatoms. The van der Waals surface area contributed by atoms with E-state index in [-0.39, 0.29) is 23.5 Å². The Morgan fingerprint density at radius 2 is 1.91 bits per heavy atom. The molecule has 0 aliphatic heterocycles. The van der Waals surface area contributed by atoms with E-state index < -0.39 is 5.82 Å². The van der Waals surface area contributed by atoms with Crippen LogP contribution >= 0.6 is 11.6 Å². The van der Waals surface area contributed by atoms with Gasteiger partial charge < -0.3 is 19.9 Å². The number of ether oxygens (including phenoxy) is 2. The van der Waals surface area contributed by atoms with Crippen molar-refractivity contribution in [2.45, 2.75) is 25.2 Å². The number of nitrogens with one attached hydrogen (secondary N) is 1. The number of methoxy groups -OCH3 is 2. The number of halogens is 2. The summed E-state index contributed by atoms with van der Waals surface area (Å²) in [5.74, 6) is 0.876. The van der Waals surface area contributed by atoms with Gasteiger partial charge in [0.25, 0.3) is 5.91 Å². The molecule has 1 atom stereocenters. The molecule has 3 aromatic rings. The highest BCUT2D eigenvalue weighted by Gasteiger charge is 2.34. The lowest BCUT2D eigenvalue weighted by Crippen LogP contribution is -2.29. The lowest BCUT2D eigenvalue weighted by atomic mass is 9.97. The van der Waals surface area contributed by atoms with Crippen LogP contribution in [0.5, 0.6) is 11.5 Å². The minimum absolute atomic E-state index is 0.00590. The van der Waals surface area contributed by atoms with Gasteiger partial charge >= 0.3 is 0 Å². The first-order valence-electron chi connectivity index (χ1n) is 11.5. The Morgan fingerprint density at radius 1 is 1.14 bits per heavy atom. The fourth-order valence-electron chi connectivity index (χ4n) is 4.21. The smallest absolute Gasteiger partial charge is 0.251 e. The zero-order chi connectivity index (χ0) is 24.9. The van der Waals surface area contributed by atoms with Gasteiger partial charge in [-0.05, 0) is 73.2 Å². The molecule has 1 saturated carbocycles. The number of aliphatic hydroxyl groups is 1. The first kappa shape index (κ1) is 24.9. The van der Waals surface area contributed by atoms with E-state index in [1.807, 2.05) is 12.1 Å². The molecule has 1 fully saturated rings. The molecule has 1 heterocycles. The summed E-state index contributed by atoms with van der Waals surface area (Å²) < 4.78 is 24.6. The summed E-state index contributed by atoms with van der Waals surface area (Å²) in [6.07, 6.45) is 2.59. The third-order valence-corrected chi connectivity index (χ3v) is 6.57. The molecule has 1 unspecified atom stereocenters. The normalized spacial score (nSPS) is 13.9. The molecule has 35 heavy (non-hydrogen) atoms. The number of hydrogen-bond acceptors (Lipinski definition) is 5. The number of hydrogen-bond donors (Lipinski definition) is 2. The van der Waals surface area contributed by atoms with Crippen molar-refractivity contribution in [3.63, 3.8) is 0 Å². The average Bonchev–Trinajstić information content (AvgIpc) is 3.71. The Kier molecular flexibility index (Phi) is 7.88. The topological polar surface area (TPSA) is 80.7 Å². The molecular weight excluding hydrogens is 471 g/mol. The number of rotatable bonds is 10. The van der Waals surface area contributed by atoms with Crippen molar-refractivity contribution in [2.75, 3.05) is 27.4 Å². The Balaban J connectivity index is 1.56. The molecule has 6 nitrogen and oxygen atoms in total. The summed E-state index contributed by atoms with van der Waals surface area (Å²) in [7, 11) is 3.10. The van der Waals surface area contributed by atoms with Crippen LogP contribution in [0.3, 0.4) is 0 Å². The number of carbonyl (C=O) groups excluding carboxylic acids is 1. The standard InChI is InChI=1S/C27H28ClFN2O4/c1-34-24-10-9-23(31-26(24)18-7-8-22(29)21(28)13-18)20(16-3-4-16)15-30-27(33)19-6-5-17(11-12-32)25(14-19)35-2/h5-10,13-14,16,20,32H,3-4,11-12,15H2,1-2H3,(H,30,33). The summed E-state index contributed by atoms with van der Waals surface area (Å²) in [6.45, 7) is 0.430. The number of pyridine rings is 1. The van der Waals surface area contributed by atoms with Crippen molar-refractivity contribution >= 4 is 17.5 Å². The van der Waals surface area contributed by atoms with Crippen LogP contribution in [-0.2, 0) is 6.42 Å². The minimum Gasteiger partial charge on any atom is -0.496 e. The maximum atomic E-state index is 13.7. The van der Waals surface area contributed by atoms with Crippen LogP contribution in [-0.4, -0.2) is 43.4 Å². The van der Waals surface area contributed by atoms with E-state index in [0.717, 1.165) is 24.1 Å². The van der Waals surface area contributed by atoms with E-state index in [0.29, 0.717) is 47.2 Å². The van der Waals surface area contributed by atoms with Crippen molar-refractivity contribution in [1.29, 1.82) is 0 Å². The lowest BCUT2D eigenvalue weighted by molar-refractivity contribution is 0.0949. The van der Waals surface area contributed by atoms with Gasteiger partial charge in [0.2, 0.25) is 0 Å². The monoisotopic (exact) mass is 498 g/mol. The molecule has 0 bridgehead atoms. The lowest BCUT2D eigenvalue weighted by Gasteiger charge is -2.19. The van der Waals surface area contributed by atoms with E-state index in [1.165, 1.54) is 12.1 Å². The second-order valence-corrected chi connectivity index (χ2v) is 8.98. The number of aromatic nitrogens is 1. The molecule has 4 rings (SSSR count). The molecule has 0 radical (unpaired) electrons. The predicted molar refractivity (Wildman–Crippen MR) is 133 cm³/mol. The fraction of sp³-hybridized carbons (Fsp3) is 0.333. The second-order valence-electron chi connectivity index (χ2n) is 8.57. The zero-order valence-corrected chi connectivity index (χ0v) is 20.4. The SMILES string of the molecule is COc1cc(C(=O)NCC(c2ccc(OC)c(-c3ccc(F)c(Cl)c3)n2)C2CC2)ccc1CCO. The molecule has 2 N–H and O–H groups in total. The quantitative estimate of drug-likeness (QED) is 0.410. The Hall–Kier alpha value is -3.16. The van der Waals surface area contributed by atoms with E-state index in [4.69, 9.17) is 26.1 Å². The van der Waals surface area contributed by atoms with Crippen molar-refractivity contribution in [3.8, 4) is 22.8 Å². The van der Waals surface area contributed by atoms with Crippen LogP contribution in [0.1, 0.15) is 40.4 Å². The summed E-state index contributed by atoms with van der Waals surface area (Å²) in [6, 6.07) is 13.4. The van der Waals surface area contributed by atoms with Gasteiger partial charge in [-0.3, -0.25) is 4.79 Å². The molecule has 1 aromatic heterocycles. The van der Waals surface area contributed by atoms with Gasteiger partial charge in [-0.15, -0.1) is 0 Å². The molecule has 0 saturated heterocycles. The number of aliphatic hydroxyl groups excluding tert-OH is 1. The zero-order valence-electron chi connectivity index (χ0n) is 19.7. The van der Waals surface area contributed by atoms with E-state index in [9.17, 15) is 14.3 Å². The van der Waals surface area contributed by atoms with Crippen LogP contribution < -0.4 is 14.8 Å². The number of benzene rings is 2. The molecule has 0 spiro atoms. The predicted octanol–water partition coefficient (Wildman–Crippen LogP) is 5.02. The van der Waals surface area contributed by atoms with Crippen LogP contribution in [0.25, 0.3) is 11.3 Å².